The topological polar surface area (TPSA) is 66.6 Å². The van der Waals surface area contributed by atoms with Gasteiger partial charge < -0.3 is 5.73 Å². The predicted octanol–water partition coefficient (Wildman–Crippen LogP) is -0.538. The second kappa shape index (κ2) is 4.14. The van der Waals surface area contributed by atoms with Gasteiger partial charge >= 0.3 is 0 Å². The fourth-order valence-electron chi connectivity index (χ4n) is 1.51. The van der Waals surface area contributed by atoms with Crippen LogP contribution < -0.4 is 5.73 Å². The Bertz CT molecular complexity index is 289. The number of piperidine rings is 1. The van der Waals surface area contributed by atoms with Gasteiger partial charge in [-0.1, -0.05) is 6.92 Å². The van der Waals surface area contributed by atoms with Gasteiger partial charge in [-0.15, -0.1) is 0 Å². The number of rotatable bonds is 2. The minimum absolute atomic E-state index is 0.0431. The van der Waals surface area contributed by atoms with Crippen LogP contribution in [-0.4, -0.2) is 50.3 Å². The van der Waals surface area contributed by atoms with Gasteiger partial charge in [-0.05, 0) is 12.3 Å². The third kappa shape index (κ3) is 2.25. The average Bonchev–Trinajstić information content (AvgIpc) is 2.09. The van der Waals surface area contributed by atoms with Crippen LogP contribution in [0.4, 0.5) is 0 Å². The normalized spacial score (nSPS) is 30.9. The van der Waals surface area contributed by atoms with Crippen LogP contribution in [0.1, 0.15) is 13.3 Å². The molecule has 2 N–H and O–H groups in total. The summed E-state index contributed by atoms with van der Waals surface area (Å²) in [6, 6.07) is -0.0431. The van der Waals surface area contributed by atoms with Gasteiger partial charge in [0, 0.05) is 33.2 Å². The van der Waals surface area contributed by atoms with Crippen LogP contribution in [0.2, 0.25) is 0 Å². The third-order valence-electron chi connectivity index (χ3n) is 2.77. The van der Waals surface area contributed by atoms with Gasteiger partial charge in [0.2, 0.25) is 0 Å². The van der Waals surface area contributed by atoms with Crippen molar-refractivity contribution in [1.82, 2.24) is 8.61 Å². The molecule has 1 aliphatic heterocycles. The van der Waals surface area contributed by atoms with Crippen LogP contribution in [0.15, 0.2) is 0 Å². The molecular weight excluding hydrogens is 202 g/mol. The highest BCUT2D eigenvalue weighted by molar-refractivity contribution is 7.86. The first-order chi connectivity index (χ1) is 6.35. The first kappa shape index (κ1) is 11.9. The molecule has 0 radical (unpaired) electrons. The maximum absolute atomic E-state index is 11.7. The summed E-state index contributed by atoms with van der Waals surface area (Å²) in [7, 11) is -0.188. The summed E-state index contributed by atoms with van der Waals surface area (Å²) in [4.78, 5) is 0. The zero-order valence-electron chi connectivity index (χ0n) is 8.97. The molecule has 1 aliphatic rings. The number of nitrogens with two attached hydrogens (primary N) is 1. The Balaban J connectivity index is 2.73. The van der Waals surface area contributed by atoms with Gasteiger partial charge in [-0.25, -0.2) is 0 Å². The molecule has 0 aromatic carbocycles. The monoisotopic (exact) mass is 221 g/mol. The first-order valence-corrected chi connectivity index (χ1v) is 6.18. The molecule has 1 heterocycles. The van der Waals surface area contributed by atoms with E-state index in [2.05, 4.69) is 6.92 Å². The molecule has 0 aromatic rings. The molecule has 14 heavy (non-hydrogen) atoms. The highest BCUT2D eigenvalue weighted by atomic mass is 32.2. The van der Waals surface area contributed by atoms with E-state index in [1.54, 1.807) is 14.1 Å². The average molecular weight is 221 g/mol. The van der Waals surface area contributed by atoms with E-state index >= 15 is 0 Å². The molecule has 1 saturated heterocycles. The molecule has 0 spiro atoms. The molecule has 0 aromatic heterocycles. The quantitative estimate of drug-likeness (QED) is 0.681. The van der Waals surface area contributed by atoms with Gasteiger partial charge in [0.05, 0.1) is 0 Å². The Kier molecular flexibility index (Phi) is 3.52. The lowest BCUT2D eigenvalue weighted by Crippen LogP contribution is -2.52. The summed E-state index contributed by atoms with van der Waals surface area (Å²) >= 11 is 0. The van der Waals surface area contributed by atoms with E-state index in [1.807, 2.05) is 0 Å². The zero-order chi connectivity index (χ0) is 10.9. The first-order valence-electron chi connectivity index (χ1n) is 4.79. The van der Waals surface area contributed by atoms with Crippen LogP contribution in [0.25, 0.3) is 0 Å². The Hall–Kier alpha value is -0.170. The Morgan fingerprint density at radius 2 is 2.00 bits per heavy atom. The van der Waals surface area contributed by atoms with E-state index in [0.717, 1.165) is 6.42 Å². The largest absolute Gasteiger partial charge is 0.326 e. The van der Waals surface area contributed by atoms with Crippen molar-refractivity contribution in [3.05, 3.63) is 0 Å². The Morgan fingerprint density at radius 1 is 1.43 bits per heavy atom. The van der Waals surface area contributed by atoms with Crippen molar-refractivity contribution in [2.75, 3.05) is 27.2 Å². The SMILES string of the molecule is CC1CCN(S(=O)(=O)N(C)C)CC1N. The standard InChI is InChI=1S/C8H19N3O2S/c1-7-4-5-11(6-8(7)9)14(12,13)10(2)3/h7-8H,4-6,9H2,1-3H3. The second-order valence-corrected chi connectivity index (χ2v) is 6.22. The molecular formula is C8H19N3O2S. The molecule has 1 rings (SSSR count). The van der Waals surface area contributed by atoms with Crippen molar-refractivity contribution in [1.29, 1.82) is 0 Å². The fourth-order valence-corrected chi connectivity index (χ4v) is 2.67. The molecule has 6 heteroatoms. The zero-order valence-corrected chi connectivity index (χ0v) is 9.79. The Morgan fingerprint density at radius 3 is 2.43 bits per heavy atom. The highest BCUT2D eigenvalue weighted by Gasteiger charge is 2.31. The summed E-state index contributed by atoms with van der Waals surface area (Å²) in [6.45, 7) is 3.07. The third-order valence-corrected chi connectivity index (χ3v) is 4.67. The summed E-state index contributed by atoms with van der Waals surface area (Å²) in [5, 5.41) is 0. The fraction of sp³-hybridized carbons (Fsp3) is 1.00. The molecule has 0 saturated carbocycles. The van der Waals surface area contributed by atoms with Crippen LogP contribution in [0, 0.1) is 5.92 Å². The van der Waals surface area contributed by atoms with Crippen LogP contribution in [-0.2, 0) is 10.2 Å². The van der Waals surface area contributed by atoms with E-state index in [0.29, 0.717) is 19.0 Å². The van der Waals surface area contributed by atoms with E-state index in [4.69, 9.17) is 5.73 Å². The van der Waals surface area contributed by atoms with Crippen molar-refractivity contribution in [3.63, 3.8) is 0 Å². The predicted molar refractivity (Wildman–Crippen MR) is 55.9 cm³/mol. The van der Waals surface area contributed by atoms with Crippen molar-refractivity contribution in [3.8, 4) is 0 Å². The van der Waals surface area contributed by atoms with Crippen LogP contribution in [0.5, 0.6) is 0 Å². The van der Waals surface area contributed by atoms with Crippen LogP contribution >= 0.6 is 0 Å². The molecule has 1 fully saturated rings. The van der Waals surface area contributed by atoms with Gasteiger partial charge in [-0.3, -0.25) is 0 Å². The van der Waals surface area contributed by atoms with E-state index < -0.39 is 10.2 Å². The number of hydrogen-bond donors (Lipinski definition) is 1. The van der Waals surface area contributed by atoms with E-state index in [-0.39, 0.29) is 6.04 Å². The minimum Gasteiger partial charge on any atom is -0.326 e. The second-order valence-electron chi connectivity index (χ2n) is 4.08. The summed E-state index contributed by atoms with van der Waals surface area (Å²) in [5.74, 6) is 0.406. The molecule has 5 nitrogen and oxygen atoms in total. The molecule has 0 aliphatic carbocycles. The molecule has 0 amide bonds. The van der Waals surface area contributed by atoms with Crippen LogP contribution in [0.3, 0.4) is 0 Å². The molecule has 2 atom stereocenters. The minimum atomic E-state index is -3.27. The molecule has 84 valence electrons. The number of nitrogens with zero attached hydrogens (tertiary/aromatic N) is 2. The van der Waals surface area contributed by atoms with E-state index in [1.165, 1.54) is 8.61 Å². The maximum atomic E-state index is 11.7. The lowest BCUT2D eigenvalue weighted by molar-refractivity contribution is 0.243. The summed E-state index contributed by atoms with van der Waals surface area (Å²) in [5.41, 5.74) is 5.84. The number of hydrogen-bond acceptors (Lipinski definition) is 3. The van der Waals surface area contributed by atoms with Gasteiger partial charge in [0.25, 0.3) is 10.2 Å². The van der Waals surface area contributed by atoms with Gasteiger partial charge in [0.15, 0.2) is 0 Å². The molecule has 0 bridgehead atoms. The Labute approximate surface area is 86.0 Å². The highest BCUT2D eigenvalue weighted by Crippen LogP contribution is 2.18. The lowest BCUT2D eigenvalue weighted by Gasteiger charge is -2.35. The van der Waals surface area contributed by atoms with Crippen molar-refractivity contribution >= 4 is 10.2 Å². The van der Waals surface area contributed by atoms with Crippen molar-refractivity contribution < 1.29 is 8.42 Å². The maximum Gasteiger partial charge on any atom is 0.281 e. The molecule has 2 unspecified atom stereocenters. The lowest BCUT2D eigenvalue weighted by atomic mass is 9.96. The summed E-state index contributed by atoms with van der Waals surface area (Å²) in [6.07, 6.45) is 0.842. The van der Waals surface area contributed by atoms with Gasteiger partial charge in [-0.2, -0.15) is 17.0 Å². The summed E-state index contributed by atoms with van der Waals surface area (Å²) < 4.78 is 26.2. The smallest absolute Gasteiger partial charge is 0.281 e. The van der Waals surface area contributed by atoms with Crippen molar-refractivity contribution in [2.45, 2.75) is 19.4 Å². The van der Waals surface area contributed by atoms with Gasteiger partial charge in [0.1, 0.15) is 0 Å². The van der Waals surface area contributed by atoms with E-state index in [9.17, 15) is 8.42 Å². The van der Waals surface area contributed by atoms with Crippen molar-refractivity contribution in [2.24, 2.45) is 11.7 Å².